The van der Waals surface area contributed by atoms with Crippen molar-refractivity contribution in [2.24, 2.45) is 4.99 Å². The molecule has 2 heteroatoms. The van der Waals surface area contributed by atoms with Gasteiger partial charge in [0.1, 0.15) is 0 Å². The maximum absolute atomic E-state index is 5.50. The Bertz CT molecular complexity index is 367. The summed E-state index contributed by atoms with van der Waals surface area (Å²) in [6.45, 7) is 6.15. The molecule has 0 N–H and O–H groups in total. The molecule has 0 spiro atoms. The smallest absolute Gasteiger partial charge is 0.0877 e. The monoisotopic (exact) mass is 205 g/mol. The third-order valence-electron chi connectivity index (χ3n) is 2.81. The van der Waals surface area contributed by atoms with E-state index in [1.54, 1.807) is 7.11 Å². The van der Waals surface area contributed by atoms with Gasteiger partial charge in [0.25, 0.3) is 0 Å². The Morgan fingerprint density at radius 1 is 1.27 bits per heavy atom. The molecule has 1 aromatic rings. The van der Waals surface area contributed by atoms with Crippen LogP contribution in [0, 0.1) is 0 Å². The summed E-state index contributed by atoms with van der Waals surface area (Å²) < 4.78 is 5.50. The number of methoxy groups -OCH3 is 1. The van der Waals surface area contributed by atoms with E-state index in [4.69, 9.17) is 4.74 Å². The first kappa shape index (κ1) is 11.9. The number of nitrogens with zero attached hydrogens (tertiary/aromatic N) is 1. The molecule has 0 aromatic heterocycles. The molecule has 0 atom stereocenters. The van der Waals surface area contributed by atoms with Gasteiger partial charge >= 0.3 is 0 Å². The van der Waals surface area contributed by atoms with E-state index in [2.05, 4.69) is 31.0 Å². The van der Waals surface area contributed by atoms with E-state index in [-0.39, 0.29) is 5.60 Å². The van der Waals surface area contributed by atoms with Gasteiger partial charge in [-0.1, -0.05) is 24.3 Å². The summed E-state index contributed by atoms with van der Waals surface area (Å²) in [4.78, 5) is 4.23. The van der Waals surface area contributed by atoms with Crippen LogP contribution in [-0.2, 0) is 10.3 Å². The number of rotatable bonds is 3. The molecule has 2 nitrogen and oxygen atoms in total. The summed E-state index contributed by atoms with van der Waals surface area (Å²) in [5.74, 6) is 0. The maximum Gasteiger partial charge on any atom is 0.0877 e. The summed E-state index contributed by atoms with van der Waals surface area (Å²) in [7, 11) is 3.54. The first-order valence-corrected chi connectivity index (χ1v) is 5.11. The van der Waals surface area contributed by atoms with Gasteiger partial charge in [0.2, 0.25) is 0 Å². The third-order valence-corrected chi connectivity index (χ3v) is 2.81. The Morgan fingerprint density at radius 3 is 2.40 bits per heavy atom. The number of benzene rings is 1. The van der Waals surface area contributed by atoms with Gasteiger partial charge in [-0.05, 0) is 26.3 Å². The van der Waals surface area contributed by atoms with Gasteiger partial charge in [-0.25, -0.2) is 0 Å². The molecule has 0 bridgehead atoms. The number of hydrogen-bond acceptors (Lipinski definition) is 2. The lowest BCUT2D eigenvalue weighted by Gasteiger charge is -2.26. The van der Waals surface area contributed by atoms with Crippen molar-refractivity contribution in [3.63, 3.8) is 0 Å². The van der Waals surface area contributed by atoms with Crippen LogP contribution in [0.15, 0.2) is 29.3 Å². The Morgan fingerprint density at radius 2 is 1.87 bits per heavy atom. The van der Waals surface area contributed by atoms with Gasteiger partial charge in [-0.2, -0.15) is 0 Å². The average Bonchev–Trinajstić information content (AvgIpc) is 2.28. The lowest BCUT2D eigenvalue weighted by atomic mass is 9.91. The van der Waals surface area contributed by atoms with Crippen molar-refractivity contribution in [1.82, 2.24) is 0 Å². The molecule has 1 rings (SSSR count). The molecule has 0 amide bonds. The van der Waals surface area contributed by atoms with Crippen LogP contribution in [0.4, 0.5) is 0 Å². The average molecular weight is 205 g/mol. The molecule has 0 heterocycles. The third kappa shape index (κ3) is 2.45. The van der Waals surface area contributed by atoms with Crippen molar-refractivity contribution >= 4 is 5.71 Å². The molecule has 82 valence electrons. The van der Waals surface area contributed by atoms with Crippen molar-refractivity contribution in [3.8, 4) is 0 Å². The van der Waals surface area contributed by atoms with Crippen molar-refractivity contribution in [1.29, 1.82) is 0 Å². The van der Waals surface area contributed by atoms with Crippen molar-refractivity contribution in [3.05, 3.63) is 35.4 Å². The fraction of sp³-hybridized carbons (Fsp3) is 0.462. The highest BCUT2D eigenvalue weighted by atomic mass is 16.5. The highest BCUT2D eigenvalue weighted by Crippen LogP contribution is 2.27. The Hall–Kier alpha value is -1.15. The molecule has 0 saturated heterocycles. The highest BCUT2D eigenvalue weighted by Gasteiger charge is 2.22. The lowest BCUT2D eigenvalue weighted by molar-refractivity contribution is 0.0191. The molecule has 0 aliphatic carbocycles. The summed E-state index contributed by atoms with van der Waals surface area (Å²) in [5, 5.41) is 0. The second-order valence-electron chi connectivity index (χ2n) is 4.07. The predicted molar refractivity (Wildman–Crippen MR) is 64.6 cm³/mol. The summed E-state index contributed by atoms with van der Waals surface area (Å²) in [6.07, 6.45) is 0. The molecule has 0 aliphatic rings. The minimum Gasteiger partial charge on any atom is -0.374 e. The van der Waals surface area contributed by atoms with E-state index in [0.29, 0.717) is 0 Å². The van der Waals surface area contributed by atoms with Crippen LogP contribution in [0.25, 0.3) is 0 Å². The fourth-order valence-electron chi connectivity index (χ4n) is 1.55. The zero-order chi connectivity index (χ0) is 11.5. The van der Waals surface area contributed by atoms with E-state index in [9.17, 15) is 0 Å². The van der Waals surface area contributed by atoms with Crippen LogP contribution in [-0.4, -0.2) is 19.9 Å². The largest absolute Gasteiger partial charge is 0.374 e. The summed E-state index contributed by atoms with van der Waals surface area (Å²) in [5.41, 5.74) is 3.10. The molecular weight excluding hydrogens is 186 g/mol. The van der Waals surface area contributed by atoms with Gasteiger partial charge in [-0.3, -0.25) is 4.99 Å². The van der Waals surface area contributed by atoms with E-state index in [1.165, 1.54) is 5.56 Å². The molecule has 0 saturated carbocycles. The molecule has 0 radical (unpaired) electrons. The predicted octanol–water partition coefficient (Wildman–Crippen LogP) is 3.01. The van der Waals surface area contributed by atoms with Crippen molar-refractivity contribution in [2.75, 3.05) is 14.2 Å². The number of aliphatic imine (C=N–C) groups is 1. The lowest BCUT2D eigenvalue weighted by Crippen LogP contribution is -2.22. The van der Waals surface area contributed by atoms with E-state index >= 15 is 0 Å². The van der Waals surface area contributed by atoms with E-state index in [0.717, 1.165) is 11.3 Å². The minimum atomic E-state index is -0.275. The molecule has 1 aromatic carbocycles. The standard InChI is InChI=1S/C13H19NO/c1-10(14-4)11-8-6-7-9-12(11)13(2,3)15-5/h6-9H,1-5H3/b14-10-. The van der Waals surface area contributed by atoms with Crippen LogP contribution in [0.2, 0.25) is 0 Å². The maximum atomic E-state index is 5.50. The van der Waals surface area contributed by atoms with Crippen LogP contribution in [0.3, 0.4) is 0 Å². The Kier molecular flexibility index (Phi) is 3.64. The molecule has 15 heavy (non-hydrogen) atoms. The highest BCUT2D eigenvalue weighted by molar-refractivity contribution is 6.00. The second-order valence-corrected chi connectivity index (χ2v) is 4.07. The second kappa shape index (κ2) is 4.58. The molecule has 0 unspecified atom stereocenters. The normalized spacial score (nSPS) is 13.0. The summed E-state index contributed by atoms with van der Waals surface area (Å²) in [6, 6.07) is 8.23. The first-order valence-electron chi connectivity index (χ1n) is 5.11. The van der Waals surface area contributed by atoms with E-state index < -0.39 is 0 Å². The van der Waals surface area contributed by atoms with Gasteiger partial charge in [0.15, 0.2) is 0 Å². The topological polar surface area (TPSA) is 21.6 Å². The quantitative estimate of drug-likeness (QED) is 0.695. The molecule has 0 fully saturated rings. The Labute approximate surface area is 92.0 Å². The van der Waals surface area contributed by atoms with Gasteiger partial charge < -0.3 is 4.74 Å². The first-order chi connectivity index (χ1) is 7.03. The zero-order valence-electron chi connectivity index (χ0n) is 10.2. The van der Waals surface area contributed by atoms with Crippen LogP contribution >= 0.6 is 0 Å². The van der Waals surface area contributed by atoms with Crippen molar-refractivity contribution < 1.29 is 4.74 Å². The number of ether oxygens (including phenoxy) is 1. The number of hydrogen-bond donors (Lipinski definition) is 0. The fourth-order valence-corrected chi connectivity index (χ4v) is 1.55. The summed E-state index contributed by atoms with van der Waals surface area (Å²) >= 11 is 0. The van der Waals surface area contributed by atoms with Crippen LogP contribution in [0.5, 0.6) is 0 Å². The Balaban J connectivity index is 3.30. The SMILES string of the molecule is C/N=C(/C)c1ccccc1C(C)(C)OC. The zero-order valence-corrected chi connectivity index (χ0v) is 10.2. The van der Waals surface area contributed by atoms with Gasteiger partial charge in [0.05, 0.1) is 5.60 Å². The van der Waals surface area contributed by atoms with E-state index in [1.807, 2.05) is 26.1 Å². The molecular formula is C13H19NO. The molecule has 0 aliphatic heterocycles. The minimum absolute atomic E-state index is 0.275. The van der Waals surface area contributed by atoms with Gasteiger partial charge in [-0.15, -0.1) is 0 Å². The van der Waals surface area contributed by atoms with Gasteiger partial charge in [0, 0.05) is 25.4 Å². The van der Waals surface area contributed by atoms with Crippen LogP contribution in [0.1, 0.15) is 31.9 Å². The van der Waals surface area contributed by atoms with Crippen LogP contribution < -0.4 is 0 Å². The van der Waals surface area contributed by atoms with Crippen molar-refractivity contribution in [2.45, 2.75) is 26.4 Å².